The maximum absolute atomic E-state index is 12.9. The SMILES string of the molecule is NC(CC(=O)N1CCCC1c1ccc2c(c1)OCCO2)c1ccccc1. The lowest BCUT2D eigenvalue weighted by Crippen LogP contribution is -2.33. The Morgan fingerprint density at radius 2 is 1.88 bits per heavy atom. The normalized spacial score (nSPS) is 20.0. The van der Waals surface area contributed by atoms with E-state index in [0.717, 1.165) is 42.0 Å². The van der Waals surface area contributed by atoms with Crippen LogP contribution in [0.4, 0.5) is 0 Å². The number of hydrogen-bond donors (Lipinski definition) is 1. The minimum Gasteiger partial charge on any atom is -0.486 e. The van der Waals surface area contributed by atoms with E-state index in [4.69, 9.17) is 15.2 Å². The minimum absolute atomic E-state index is 0.0845. The first-order valence-electron chi connectivity index (χ1n) is 9.22. The van der Waals surface area contributed by atoms with Crippen LogP contribution in [-0.2, 0) is 4.79 Å². The second kappa shape index (κ2) is 7.38. The average molecular weight is 352 g/mol. The standard InChI is InChI=1S/C21H24N2O3/c22-17(15-5-2-1-3-6-15)14-21(24)23-10-4-7-18(23)16-8-9-19-20(13-16)26-12-11-25-19/h1-3,5-6,8-9,13,17-18H,4,7,10-12,14,22H2. The molecule has 2 atom stereocenters. The van der Waals surface area contributed by atoms with Gasteiger partial charge in [0.25, 0.3) is 0 Å². The zero-order valence-electron chi connectivity index (χ0n) is 14.8. The number of carbonyl (C=O) groups is 1. The van der Waals surface area contributed by atoms with Gasteiger partial charge in [0.2, 0.25) is 5.91 Å². The molecule has 2 aliphatic heterocycles. The predicted octanol–water partition coefficient (Wildman–Crippen LogP) is 3.21. The highest BCUT2D eigenvalue weighted by atomic mass is 16.6. The van der Waals surface area contributed by atoms with Crippen molar-refractivity contribution in [2.75, 3.05) is 19.8 Å². The van der Waals surface area contributed by atoms with Crippen LogP contribution in [0.15, 0.2) is 48.5 Å². The molecule has 2 N–H and O–H groups in total. The zero-order valence-corrected chi connectivity index (χ0v) is 14.8. The Morgan fingerprint density at radius 1 is 1.12 bits per heavy atom. The highest BCUT2D eigenvalue weighted by Crippen LogP contribution is 2.38. The third kappa shape index (κ3) is 3.40. The molecule has 0 aromatic heterocycles. The molecule has 2 aromatic carbocycles. The third-order valence-corrected chi connectivity index (χ3v) is 5.15. The van der Waals surface area contributed by atoms with Crippen LogP contribution in [-0.4, -0.2) is 30.6 Å². The van der Waals surface area contributed by atoms with Crippen LogP contribution in [0.5, 0.6) is 11.5 Å². The molecular weight excluding hydrogens is 328 g/mol. The molecule has 5 heteroatoms. The summed E-state index contributed by atoms with van der Waals surface area (Å²) in [5.74, 6) is 1.66. The Morgan fingerprint density at radius 3 is 2.69 bits per heavy atom. The first kappa shape index (κ1) is 16.9. The van der Waals surface area contributed by atoms with Gasteiger partial charge in [-0.25, -0.2) is 0 Å². The highest BCUT2D eigenvalue weighted by Gasteiger charge is 2.31. The van der Waals surface area contributed by atoms with E-state index < -0.39 is 0 Å². The summed E-state index contributed by atoms with van der Waals surface area (Å²) in [6.45, 7) is 1.92. The second-order valence-corrected chi connectivity index (χ2v) is 6.87. The summed E-state index contributed by atoms with van der Waals surface area (Å²) in [6, 6.07) is 15.6. The largest absolute Gasteiger partial charge is 0.486 e. The van der Waals surface area contributed by atoms with Crippen LogP contribution < -0.4 is 15.2 Å². The van der Waals surface area contributed by atoms with Gasteiger partial charge in [-0.3, -0.25) is 4.79 Å². The predicted molar refractivity (Wildman–Crippen MR) is 99.1 cm³/mol. The van der Waals surface area contributed by atoms with Crippen molar-refractivity contribution in [2.24, 2.45) is 5.73 Å². The molecule has 1 amide bonds. The summed E-state index contributed by atoms with van der Waals surface area (Å²) in [4.78, 5) is 14.9. The summed E-state index contributed by atoms with van der Waals surface area (Å²) in [6.07, 6.45) is 2.29. The molecule has 2 unspecified atom stereocenters. The van der Waals surface area contributed by atoms with E-state index in [1.165, 1.54) is 0 Å². The number of nitrogens with zero attached hydrogens (tertiary/aromatic N) is 1. The molecule has 136 valence electrons. The van der Waals surface area contributed by atoms with Crippen molar-refractivity contribution in [1.29, 1.82) is 0 Å². The average Bonchev–Trinajstić information content (AvgIpc) is 3.18. The molecule has 2 aromatic rings. The van der Waals surface area contributed by atoms with Crippen molar-refractivity contribution < 1.29 is 14.3 Å². The Bertz CT molecular complexity index is 778. The molecule has 0 saturated carbocycles. The van der Waals surface area contributed by atoms with Crippen molar-refractivity contribution in [3.05, 3.63) is 59.7 Å². The number of carbonyl (C=O) groups excluding carboxylic acids is 1. The number of likely N-dealkylation sites (tertiary alicyclic amines) is 1. The van der Waals surface area contributed by atoms with Gasteiger partial charge < -0.3 is 20.1 Å². The van der Waals surface area contributed by atoms with E-state index in [1.807, 2.05) is 53.4 Å². The van der Waals surface area contributed by atoms with E-state index in [2.05, 4.69) is 0 Å². The van der Waals surface area contributed by atoms with Gasteiger partial charge in [0.15, 0.2) is 11.5 Å². The van der Waals surface area contributed by atoms with Gasteiger partial charge in [0.05, 0.1) is 6.04 Å². The van der Waals surface area contributed by atoms with Crippen molar-refractivity contribution >= 4 is 5.91 Å². The molecule has 5 nitrogen and oxygen atoms in total. The van der Waals surface area contributed by atoms with E-state index in [1.54, 1.807) is 0 Å². The Balaban J connectivity index is 1.48. The van der Waals surface area contributed by atoms with Crippen molar-refractivity contribution in [2.45, 2.75) is 31.3 Å². The maximum atomic E-state index is 12.9. The Labute approximate surface area is 153 Å². The lowest BCUT2D eigenvalue weighted by atomic mass is 10.0. The van der Waals surface area contributed by atoms with E-state index >= 15 is 0 Å². The fraction of sp³-hybridized carbons (Fsp3) is 0.381. The summed E-state index contributed by atoms with van der Waals surface area (Å²) in [5, 5.41) is 0. The number of hydrogen-bond acceptors (Lipinski definition) is 4. The van der Waals surface area contributed by atoms with Gasteiger partial charge in [-0.15, -0.1) is 0 Å². The highest BCUT2D eigenvalue weighted by molar-refractivity contribution is 5.78. The monoisotopic (exact) mass is 352 g/mol. The van der Waals surface area contributed by atoms with Crippen LogP contribution in [0.3, 0.4) is 0 Å². The van der Waals surface area contributed by atoms with E-state index in [9.17, 15) is 4.79 Å². The third-order valence-electron chi connectivity index (χ3n) is 5.15. The quantitative estimate of drug-likeness (QED) is 0.918. The summed E-state index contributed by atoms with van der Waals surface area (Å²) in [5.41, 5.74) is 8.36. The van der Waals surface area contributed by atoms with Crippen LogP contribution in [0, 0.1) is 0 Å². The lowest BCUT2D eigenvalue weighted by molar-refractivity contribution is -0.132. The van der Waals surface area contributed by atoms with E-state index in [0.29, 0.717) is 19.6 Å². The molecule has 0 spiro atoms. The number of amides is 1. The van der Waals surface area contributed by atoms with Gasteiger partial charge in [-0.05, 0) is 36.1 Å². The van der Waals surface area contributed by atoms with Gasteiger partial charge in [-0.2, -0.15) is 0 Å². The number of rotatable bonds is 4. The fourth-order valence-electron chi connectivity index (χ4n) is 3.80. The summed E-state index contributed by atoms with van der Waals surface area (Å²) >= 11 is 0. The van der Waals surface area contributed by atoms with Crippen LogP contribution in [0.25, 0.3) is 0 Å². The van der Waals surface area contributed by atoms with Crippen molar-refractivity contribution in [1.82, 2.24) is 4.90 Å². The first-order valence-corrected chi connectivity index (χ1v) is 9.22. The van der Waals surface area contributed by atoms with Crippen LogP contribution in [0.1, 0.15) is 42.5 Å². The molecule has 2 heterocycles. The molecule has 2 aliphatic rings. The Kier molecular flexibility index (Phi) is 4.80. The summed E-state index contributed by atoms with van der Waals surface area (Å²) in [7, 11) is 0. The Hall–Kier alpha value is -2.53. The topological polar surface area (TPSA) is 64.8 Å². The molecule has 0 bridgehead atoms. The minimum atomic E-state index is -0.273. The molecule has 1 fully saturated rings. The van der Waals surface area contributed by atoms with Crippen LogP contribution in [0.2, 0.25) is 0 Å². The molecule has 26 heavy (non-hydrogen) atoms. The molecule has 0 aliphatic carbocycles. The van der Waals surface area contributed by atoms with E-state index in [-0.39, 0.29) is 18.0 Å². The zero-order chi connectivity index (χ0) is 17.9. The molecule has 0 radical (unpaired) electrons. The smallest absolute Gasteiger partial charge is 0.224 e. The second-order valence-electron chi connectivity index (χ2n) is 6.87. The molecular formula is C21H24N2O3. The van der Waals surface area contributed by atoms with Gasteiger partial charge in [0, 0.05) is 19.0 Å². The maximum Gasteiger partial charge on any atom is 0.224 e. The lowest BCUT2D eigenvalue weighted by Gasteiger charge is -2.27. The van der Waals surface area contributed by atoms with Crippen LogP contribution >= 0.6 is 0 Å². The number of nitrogens with two attached hydrogens (primary N) is 1. The molecule has 4 rings (SSSR count). The number of fused-ring (bicyclic) bond motifs is 1. The fourth-order valence-corrected chi connectivity index (χ4v) is 3.80. The van der Waals surface area contributed by atoms with Gasteiger partial charge >= 0.3 is 0 Å². The van der Waals surface area contributed by atoms with Crippen molar-refractivity contribution in [3.63, 3.8) is 0 Å². The van der Waals surface area contributed by atoms with Gasteiger partial charge in [0.1, 0.15) is 13.2 Å². The number of benzene rings is 2. The first-order chi connectivity index (χ1) is 12.7. The van der Waals surface area contributed by atoms with Gasteiger partial charge in [-0.1, -0.05) is 36.4 Å². The number of ether oxygens (including phenoxy) is 2. The van der Waals surface area contributed by atoms with Crippen molar-refractivity contribution in [3.8, 4) is 11.5 Å². The summed E-state index contributed by atoms with van der Waals surface area (Å²) < 4.78 is 11.3. The molecule has 1 saturated heterocycles.